The Morgan fingerprint density at radius 2 is 1.86 bits per heavy atom. The smallest absolute Gasteiger partial charge is 0.408 e. The lowest BCUT2D eigenvalue weighted by atomic mass is 10.2. The number of hydrogen-bond donors (Lipinski definition) is 0. The first-order chi connectivity index (χ1) is 13.0. The zero-order valence-electron chi connectivity index (χ0n) is 14.7. The fourth-order valence-corrected chi connectivity index (χ4v) is 3.80. The van der Waals surface area contributed by atoms with Gasteiger partial charge in [0.1, 0.15) is 5.75 Å². The number of fused-ring (bicyclic) bond motifs is 1. The molecule has 7 nitrogen and oxygen atoms in total. The fraction of sp³-hybridized carbons (Fsp3) is 0.235. The summed E-state index contributed by atoms with van der Waals surface area (Å²) in [4.78, 5) is 11.4. The van der Waals surface area contributed by atoms with Crippen LogP contribution in [-0.4, -0.2) is 30.7 Å². The van der Waals surface area contributed by atoms with Crippen molar-refractivity contribution in [1.29, 1.82) is 0 Å². The molecule has 0 N–H and O–H groups in total. The molecule has 11 heteroatoms. The van der Waals surface area contributed by atoms with Crippen LogP contribution in [-0.2, 0) is 23.6 Å². The molecule has 0 unspecified atom stereocenters. The first-order valence-electron chi connectivity index (χ1n) is 7.88. The second-order valence-electron chi connectivity index (χ2n) is 5.97. The largest absolute Gasteiger partial charge is 0.573 e. The van der Waals surface area contributed by atoms with Crippen LogP contribution in [0.1, 0.15) is 5.56 Å². The molecule has 0 amide bonds. The fourth-order valence-electron chi connectivity index (χ4n) is 2.64. The molecule has 0 bridgehead atoms. The van der Waals surface area contributed by atoms with E-state index in [4.69, 9.17) is 4.42 Å². The quantitative estimate of drug-likeness (QED) is 0.639. The second kappa shape index (κ2) is 6.99. The zero-order valence-corrected chi connectivity index (χ0v) is 15.5. The van der Waals surface area contributed by atoms with E-state index in [0.29, 0.717) is 5.52 Å². The first kappa shape index (κ1) is 20.0. The molecule has 0 aliphatic heterocycles. The van der Waals surface area contributed by atoms with Gasteiger partial charge in [-0.05, 0) is 18.2 Å². The molecule has 0 fully saturated rings. The van der Waals surface area contributed by atoms with Gasteiger partial charge in [-0.1, -0.05) is 18.2 Å². The third-order valence-corrected chi connectivity index (χ3v) is 5.86. The van der Waals surface area contributed by atoms with E-state index in [1.54, 1.807) is 0 Å². The maximum atomic E-state index is 12.8. The summed E-state index contributed by atoms with van der Waals surface area (Å²) in [5.41, 5.74) is 0.538. The number of hydrogen-bond acceptors (Lipinski definition) is 5. The van der Waals surface area contributed by atoms with Gasteiger partial charge >= 0.3 is 12.1 Å². The summed E-state index contributed by atoms with van der Waals surface area (Å²) < 4.78 is 74.3. The molecule has 1 heterocycles. The zero-order chi connectivity index (χ0) is 20.7. The van der Waals surface area contributed by atoms with Crippen molar-refractivity contribution in [3.8, 4) is 5.75 Å². The molecule has 0 aliphatic rings. The van der Waals surface area contributed by atoms with Gasteiger partial charge in [-0.2, -0.15) is 4.31 Å². The Labute approximate surface area is 157 Å². The van der Waals surface area contributed by atoms with Crippen molar-refractivity contribution in [1.82, 2.24) is 8.87 Å². The third-order valence-electron chi connectivity index (χ3n) is 4.06. The monoisotopic (exact) mass is 416 g/mol. The van der Waals surface area contributed by atoms with Crippen molar-refractivity contribution in [3.05, 3.63) is 58.6 Å². The van der Waals surface area contributed by atoms with Gasteiger partial charge in [-0.3, -0.25) is 4.57 Å². The highest BCUT2D eigenvalue weighted by Gasteiger charge is 2.32. The third kappa shape index (κ3) is 3.90. The molecule has 0 radical (unpaired) electrons. The Morgan fingerprint density at radius 3 is 2.54 bits per heavy atom. The molecule has 28 heavy (non-hydrogen) atoms. The van der Waals surface area contributed by atoms with Gasteiger partial charge in [0.05, 0.1) is 10.4 Å². The lowest BCUT2D eigenvalue weighted by Gasteiger charge is -2.19. The van der Waals surface area contributed by atoms with E-state index in [1.807, 2.05) is 0 Å². The predicted molar refractivity (Wildman–Crippen MR) is 93.2 cm³/mol. The van der Waals surface area contributed by atoms with E-state index in [2.05, 4.69) is 4.74 Å². The van der Waals surface area contributed by atoms with Gasteiger partial charge in [-0.15, -0.1) is 13.2 Å². The Bertz CT molecular complexity index is 1180. The van der Waals surface area contributed by atoms with Crippen LogP contribution in [0.4, 0.5) is 13.2 Å². The van der Waals surface area contributed by atoms with Crippen LogP contribution in [0.25, 0.3) is 11.1 Å². The minimum atomic E-state index is -4.90. The van der Waals surface area contributed by atoms with Gasteiger partial charge < -0.3 is 9.15 Å². The van der Waals surface area contributed by atoms with E-state index in [-0.39, 0.29) is 22.6 Å². The standard InChI is InChI=1S/C17H15F3N2O5S/c1-21(10-11-5-3-4-6-14(11)27-17(18,19)20)28(24,25)12-7-8-13-15(9-12)26-16(23)22(13)2/h3-9H,10H2,1-2H3. The van der Waals surface area contributed by atoms with Crippen molar-refractivity contribution in [2.75, 3.05) is 7.05 Å². The maximum Gasteiger partial charge on any atom is 0.573 e. The van der Waals surface area contributed by atoms with E-state index in [1.165, 1.54) is 55.1 Å². The number of aromatic nitrogens is 1. The topological polar surface area (TPSA) is 81.8 Å². The second-order valence-corrected chi connectivity index (χ2v) is 8.02. The highest BCUT2D eigenvalue weighted by Crippen LogP contribution is 2.28. The molecule has 0 aliphatic carbocycles. The number of oxazole rings is 1. The van der Waals surface area contributed by atoms with E-state index < -0.39 is 27.9 Å². The van der Waals surface area contributed by atoms with Gasteiger partial charge in [0.25, 0.3) is 0 Å². The molecule has 0 saturated heterocycles. The van der Waals surface area contributed by atoms with Gasteiger partial charge in [0.2, 0.25) is 10.0 Å². The van der Waals surface area contributed by atoms with Gasteiger partial charge in [0.15, 0.2) is 5.58 Å². The van der Waals surface area contributed by atoms with E-state index in [0.717, 1.165) is 10.4 Å². The minimum Gasteiger partial charge on any atom is -0.408 e. The highest BCUT2D eigenvalue weighted by atomic mass is 32.2. The predicted octanol–water partition coefficient (Wildman–Crippen LogP) is 2.85. The van der Waals surface area contributed by atoms with Gasteiger partial charge in [0, 0.05) is 32.3 Å². The minimum absolute atomic E-state index is 0.0400. The number of sulfonamides is 1. The lowest BCUT2D eigenvalue weighted by Crippen LogP contribution is -2.27. The Kier molecular flexibility index (Phi) is 4.98. The van der Waals surface area contributed by atoms with Crippen molar-refractivity contribution in [2.24, 2.45) is 7.05 Å². The average molecular weight is 416 g/mol. The van der Waals surface area contributed by atoms with Crippen molar-refractivity contribution < 1.29 is 30.7 Å². The number of halogens is 3. The Morgan fingerprint density at radius 1 is 1.18 bits per heavy atom. The number of alkyl halides is 3. The summed E-state index contributed by atoms with van der Waals surface area (Å²) in [6, 6.07) is 9.18. The lowest BCUT2D eigenvalue weighted by molar-refractivity contribution is -0.274. The molecule has 2 aromatic carbocycles. The van der Waals surface area contributed by atoms with Gasteiger partial charge in [-0.25, -0.2) is 13.2 Å². The molecule has 150 valence electrons. The summed E-state index contributed by atoms with van der Waals surface area (Å²) in [7, 11) is -1.36. The van der Waals surface area contributed by atoms with Crippen LogP contribution < -0.4 is 10.5 Å². The number of benzene rings is 2. The molecule has 3 aromatic rings. The molecule has 0 saturated carbocycles. The van der Waals surface area contributed by atoms with Crippen molar-refractivity contribution >= 4 is 21.1 Å². The molecule has 1 aromatic heterocycles. The molecular formula is C17H15F3N2O5S. The van der Waals surface area contributed by atoms with Crippen LogP contribution in [0, 0.1) is 0 Å². The highest BCUT2D eigenvalue weighted by molar-refractivity contribution is 7.89. The summed E-state index contributed by atoms with van der Waals surface area (Å²) in [6.07, 6.45) is -4.90. The van der Waals surface area contributed by atoms with Crippen LogP contribution in [0.15, 0.2) is 56.6 Å². The Hall–Kier alpha value is -2.79. The molecular weight excluding hydrogens is 401 g/mol. The van der Waals surface area contributed by atoms with Crippen LogP contribution >= 0.6 is 0 Å². The summed E-state index contributed by atoms with van der Waals surface area (Å²) in [5, 5.41) is 0. The number of rotatable bonds is 5. The number of ether oxygens (including phenoxy) is 1. The maximum absolute atomic E-state index is 12.8. The summed E-state index contributed by atoms with van der Waals surface area (Å²) in [6.45, 7) is -0.356. The summed E-state index contributed by atoms with van der Waals surface area (Å²) >= 11 is 0. The van der Waals surface area contributed by atoms with Crippen LogP contribution in [0.3, 0.4) is 0 Å². The molecule has 0 spiro atoms. The van der Waals surface area contributed by atoms with E-state index >= 15 is 0 Å². The molecule has 0 atom stereocenters. The first-order valence-corrected chi connectivity index (χ1v) is 9.32. The Balaban J connectivity index is 1.92. The van der Waals surface area contributed by atoms with Crippen molar-refractivity contribution in [3.63, 3.8) is 0 Å². The van der Waals surface area contributed by atoms with Crippen LogP contribution in [0.2, 0.25) is 0 Å². The average Bonchev–Trinajstić information content (AvgIpc) is 2.89. The van der Waals surface area contributed by atoms with E-state index in [9.17, 15) is 26.4 Å². The number of para-hydroxylation sites is 1. The number of nitrogens with zero attached hydrogens (tertiary/aromatic N) is 2. The normalized spacial score (nSPS) is 12.6. The summed E-state index contributed by atoms with van der Waals surface area (Å²) in [5.74, 6) is -1.13. The van der Waals surface area contributed by atoms with Crippen LogP contribution in [0.5, 0.6) is 5.75 Å². The van der Waals surface area contributed by atoms with Crippen molar-refractivity contribution in [2.45, 2.75) is 17.8 Å². The molecule has 3 rings (SSSR count). The SMILES string of the molecule is CN(Cc1ccccc1OC(F)(F)F)S(=O)(=O)c1ccc2c(c1)oc(=O)n2C. The number of aryl methyl sites for hydroxylation is 1.